The maximum absolute atomic E-state index is 13.5. The van der Waals surface area contributed by atoms with Gasteiger partial charge in [-0.25, -0.2) is 4.79 Å². The SMILES string of the molecule is CCCCNC(=O)C(c1ccc(C)c(C)c1)N(C)C(=O)C(NC(=O)OC(C)(C)C)C(C)C. The lowest BCUT2D eigenvalue weighted by Gasteiger charge is -2.33. The first-order valence-corrected chi connectivity index (χ1v) is 11.4. The van der Waals surface area contributed by atoms with E-state index in [4.69, 9.17) is 4.74 Å². The molecule has 1 aromatic carbocycles. The maximum atomic E-state index is 13.5. The number of rotatable bonds is 9. The molecule has 0 aromatic heterocycles. The normalized spacial score (nSPS) is 13.3. The van der Waals surface area contributed by atoms with Crippen LogP contribution in [-0.2, 0) is 14.3 Å². The van der Waals surface area contributed by atoms with Gasteiger partial charge in [-0.05, 0) is 63.6 Å². The third kappa shape index (κ3) is 8.17. The number of ether oxygens (including phenoxy) is 1. The molecule has 2 atom stereocenters. The number of aryl methyl sites for hydroxylation is 2. The molecule has 2 N–H and O–H groups in total. The number of carbonyl (C=O) groups excluding carboxylic acids is 3. The monoisotopic (exact) mass is 447 g/mol. The number of nitrogens with zero attached hydrogens (tertiary/aromatic N) is 1. The minimum absolute atomic E-state index is 0.193. The van der Waals surface area contributed by atoms with Gasteiger partial charge in [0.15, 0.2) is 0 Å². The van der Waals surface area contributed by atoms with Gasteiger partial charge in [-0.1, -0.05) is 45.4 Å². The highest BCUT2D eigenvalue weighted by atomic mass is 16.6. The van der Waals surface area contributed by atoms with Crippen molar-refractivity contribution in [2.45, 2.75) is 85.9 Å². The van der Waals surface area contributed by atoms with Crippen LogP contribution < -0.4 is 10.6 Å². The number of likely N-dealkylation sites (N-methyl/N-ethyl adjacent to an activating group) is 1. The van der Waals surface area contributed by atoms with Gasteiger partial charge >= 0.3 is 6.09 Å². The Morgan fingerprint density at radius 1 is 1.09 bits per heavy atom. The molecule has 1 aromatic rings. The van der Waals surface area contributed by atoms with E-state index in [0.717, 1.165) is 29.5 Å². The van der Waals surface area contributed by atoms with Crippen molar-refractivity contribution in [1.29, 1.82) is 0 Å². The van der Waals surface area contributed by atoms with E-state index >= 15 is 0 Å². The van der Waals surface area contributed by atoms with E-state index in [9.17, 15) is 14.4 Å². The Labute approximate surface area is 193 Å². The number of nitrogens with one attached hydrogen (secondary N) is 2. The third-order valence-electron chi connectivity index (χ3n) is 5.26. The summed E-state index contributed by atoms with van der Waals surface area (Å²) < 4.78 is 5.34. The van der Waals surface area contributed by atoms with Crippen molar-refractivity contribution in [2.24, 2.45) is 5.92 Å². The lowest BCUT2D eigenvalue weighted by atomic mass is 9.97. The number of hydrogen-bond acceptors (Lipinski definition) is 4. The average molecular weight is 448 g/mol. The molecule has 0 spiro atoms. The lowest BCUT2D eigenvalue weighted by Crippen LogP contribution is -2.53. The molecule has 0 aliphatic rings. The van der Waals surface area contributed by atoms with Crippen LogP contribution in [0.25, 0.3) is 0 Å². The first kappa shape index (κ1) is 27.5. The number of unbranched alkanes of at least 4 members (excludes halogenated alkanes) is 1. The standard InChI is InChI=1S/C25H41N3O4/c1-10-11-14-26-22(29)21(19-13-12-17(4)18(5)15-19)28(9)23(30)20(16(2)3)27-24(31)32-25(6,7)8/h12-13,15-16,20-21H,10-11,14H2,1-9H3,(H,26,29)(H,27,31). The minimum Gasteiger partial charge on any atom is -0.444 e. The van der Waals surface area contributed by atoms with Gasteiger partial charge in [0.1, 0.15) is 17.7 Å². The summed E-state index contributed by atoms with van der Waals surface area (Å²) in [5.41, 5.74) is 2.21. The molecule has 0 heterocycles. The largest absolute Gasteiger partial charge is 0.444 e. The predicted octanol–water partition coefficient (Wildman–Crippen LogP) is 4.27. The Hall–Kier alpha value is -2.57. The fourth-order valence-corrected chi connectivity index (χ4v) is 3.27. The Balaban J connectivity index is 3.22. The van der Waals surface area contributed by atoms with Gasteiger partial charge in [0.2, 0.25) is 11.8 Å². The summed E-state index contributed by atoms with van der Waals surface area (Å²) in [6.45, 7) is 15.6. The zero-order chi connectivity index (χ0) is 24.6. The second-order valence-electron chi connectivity index (χ2n) is 9.71. The molecule has 0 aliphatic carbocycles. The molecule has 0 saturated heterocycles. The summed E-state index contributed by atoms with van der Waals surface area (Å²) in [5.74, 6) is -0.780. The molecule has 3 amide bonds. The fraction of sp³-hybridized carbons (Fsp3) is 0.640. The number of benzene rings is 1. The van der Waals surface area contributed by atoms with E-state index in [-0.39, 0.29) is 17.7 Å². The molecule has 0 radical (unpaired) electrons. The molecule has 180 valence electrons. The van der Waals surface area contributed by atoms with Crippen LogP contribution in [-0.4, -0.2) is 48.0 Å². The Morgan fingerprint density at radius 3 is 2.22 bits per heavy atom. The summed E-state index contributed by atoms with van der Waals surface area (Å²) in [5, 5.41) is 5.63. The van der Waals surface area contributed by atoms with E-state index in [0.29, 0.717) is 6.54 Å². The quantitative estimate of drug-likeness (QED) is 0.554. The van der Waals surface area contributed by atoms with Crippen LogP contribution in [0.1, 0.15) is 77.1 Å². The van der Waals surface area contributed by atoms with Crippen molar-refractivity contribution in [3.05, 3.63) is 34.9 Å². The summed E-state index contributed by atoms with van der Waals surface area (Å²) in [6, 6.07) is 4.14. The number of hydrogen-bond donors (Lipinski definition) is 2. The number of amides is 3. The van der Waals surface area contributed by atoms with Gasteiger partial charge in [-0.3, -0.25) is 9.59 Å². The molecule has 1 rings (SSSR count). The minimum atomic E-state index is -0.827. The van der Waals surface area contributed by atoms with Crippen molar-refractivity contribution in [3.8, 4) is 0 Å². The van der Waals surface area contributed by atoms with Crippen molar-refractivity contribution in [2.75, 3.05) is 13.6 Å². The molecule has 32 heavy (non-hydrogen) atoms. The Bertz CT molecular complexity index is 799. The molecular weight excluding hydrogens is 406 g/mol. The Morgan fingerprint density at radius 2 is 1.72 bits per heavy atom. The van der Waals surface area contributed by atoms with Gasteiger partial charge in [0.05, 0.1) is 0 Å². The van der Waals surface area contributed by atoms with Gasteiger partial charge < -0.3 is 20.3 Å². The van der Waals surface area contributed by atoms with Crippen LogP contribution in [0.5, 0.6) is 0 Å². The molecule has 0 fully saturated rings. The topological polar surface area (TPSA) is 87.7 Å². The lowest BCUT2D eigenvalue weighted by molar-refractivity contribution is -0.141. The summed E-state index contributed by atoms with van der Waals surface area (Å²) >= 11 is 0. The second-order valence-corrected chi connectivity index (χ2v) is 9.71. The second kappa shape index (κ2) is 11.9. The van der Waals surface area contributed by atoms with Crippen molar-refractivity contribution in [1.82, 2.24) is 15.5 Å². The molecule has 7 nitrogen and oxygen atoms in total. The number of alkyl carbamates (subject to hydrolysis) is 1. The maximum Gasteiger partial charge on any atom is 0.408 e. The molecule has 7 heteroatoms. The Kier molecular flexibility index (Phi) is 10.2. The van der Waals surface area contributed by atoms with Crippen LogP contribution in [0, 0.1) is 19.8 Å². The van der Waals surface area contributed by atoms with Crippen molar-refractivity contribution < 1.29 is 19.1 Å². The summed E-state index contributed by atoms with van der Waals surface area (Å²) in [7, 11) is 1.60. The zero-order valence-corrected chi connectivity index (χ0v) is 21.2. The molecule has 0 aliphatic heterocycles. The fourth-order valence-electron chi connectivity index (χ4n) is 3.27. The van der Waals surface area contributed by atoms with Crippen LogP contribution >= 0.6 is 0 Å². The van der Waals surface area contributed by atoms with Gasteiger partial charge in [0.25, 0.3) is 0 Å². The third-order valence-corrected chi connectivity index (χ3v) is 5.26. The molecule has 0 saturated carbocycles. The highest BCUT2D eigenvalue weighted by Crippen LogP contribution is 2.24. The highest BCUT2D eigenvalue weighted by molar-refractivity contribution is 5.92. The van der Waals surface area contributed by atoms with E-state index in [2.05, 4.69) is 17.6 Å². The number of carbonyl (C=O) groups is 3. The van der Waals surface area contributed by atoms with Crippen LogP contribution in [0.4, 0.5) is 4.79 Å². The first-order chi connectivity index (χ1) is 14.8. The molecular formula is C25H41N3O4. The average Bonchev–Trinajstić information content (AvgIpc) is 2.67. The predicted molar refractivity (Wildman–Crippen MR) is 127 cm³/mol. The van der Waals surface area contributed by atoms with E-state index < -0.39 is 23.8 Å². The first-order valence-electron chi connectivity index (χ1n) is 11.4. The van der Waals surface area contributed by atoms with Gasteiger partial charge in [0, 0.05) is 13.6 Å². The van der Waals surface area contributed by atoms with Gasteiger partial charge in [-0.15, -0.1) is 0 Å². The van der Waals surface area contributed by atoms with Crippen molar-refractivity contribution in [3.63, 3.8) is 0 Å². The zero-order valence-electron chi connectivity index (χ0n) is 21.2. The highest BCUT2D eigenvalue weighted by Gasteiger charge is 2.35. The summed E-state index contributed by atoms with van der Waals surface area (Å²) in [4.78, 5) is 40.4. The smallest absolute Gasteiger partial charge is 0.408 e. The van der Waals surface area contributed by atoms with Crippen LogP contribution in [0.15, 0.2) is 18.2 Å². The van der Waals surface area contributed by atoms with Gasteiger partial charge in [-0.2, -0.15) is 0 Å². The molecule has 2 unspecified atom stereocenters. The van der Waals surface area contributed by atoms with Crippen LogP contribution in [0.2, 0.25) is 0 Å². The van der Waals surface area contributed by atoms with E-state index in [1.54, 1.807) is 27.8 Å². The van der Waals surface area contributed by atoms with Crippen molar-refractivity contribution >= 4 is 17.9 Å². The van der Waals surface area contributed by atoms with E-state index in [1.807, 2.05) is 45.9 Å². The molecule has 0 bridgehead atoms. The summed E-state index contributed by atoms with van der Waals surface area (Å²) in [6.07, 6.45) is 1.16. The van der Waals surface area contributed by atoms with E-state index in [1.165, 1.54) is 4.90 Å². The van der Waals surface area contributed by atoms with Crippen LogP contribution in [0.3, 0.4) is 0 Å².